The Morgan fingerprint density at radius 1 is 0.968 bits per heavy atom. The first-order chi connectivity index (χ1) is 15.0. The molecule has 2 unspecified atom stereocenters. The molecule has 0 saturated carbocycles. The molecule has 0 heterocycles. The smallest absolute Gasteiger partial charge is 0.188 e. The van der Waals surface area contributed by atoms with Gasteiger partial charge < -0.3 is 9.47 Å². The quantitative estimate of drug-likeness (QED) is 0.212. The summed E-state index contributed by atoms with van der Waals surface area (Å²) in [6.45, 7) is 9.14. The Balaban J connectivity index is 2.03. The molecule has 0 radical (unpaired) electrons. The number of para-hydroxylation sites is 2. The Kier molecular flexibility index (Phi) is 8.01. The highest BCUT2D eigenvalue weighted by Gasteiger charge is 2.30. The average Bonchev–Trinajstić information content (AvgIpc) is 2.79. The molecule has 0 aliphatic rings. The van der Waals surface area contributed by atoms with E-state index in [1.165, 1.54) is 22.0 Å². The highest BCUT2D eigenvalue weighted by Crippen LogP contribution is 2.48. The molecule has 0 spiro atoms. The molecule has 0 amide bonds. The van der Waals surface area contributed by atoms with Gasteiger partial charge in [0, 0.05) is 29.1 Å². The van der Waals surface area contributed by atoms with Crippen LogP contribution in [0, 0.1) is 6.92 Å². The lowest BCUT2D eigenvalue weighted by atomic mass is 9.96. The van der Waals surface area contributed by atoms with Gasteiger partial charge in [0.15, 0.2) is 6.79 Å². The molecule has 0 bridgehead atoms. The van der Waals surface area contributed by atoms with E-state index in [9.17, 15) is 0 Å². The third kappa shape index (κ3) is 5.61. The third-order valence-electron chi connectivity index (χ3n) is 5.64. The number of hydrogen-bond acceptors (Lipinski definition) is 3. The molecule has 0 aromatic heterocycles. The van der Waals surface area contributed by atoms with E-state index in [1.54, 1.807) is 7.11 Å². The van der Waals surface area contributed by atoms with Crippen molar-refractivity contribution in [3.05, 3.63) is 89.5 Å². The van der Waals surface area contributed by atoms with Gasteiger partial charge in [0.2, 0.25) is 0 Å². The maximum atomic E-state index is 5.92. The highest BCUT2D eigenvalue weighted by atomic mass is 31.1. The normalized spacial score (nSPS) is 14.0. The van der Waals surface area contributed by atoms with Crippen molar-refractivity contribution in [2.24, 2.45) is 4.99 Å². The van der Waals surface area contributed by atoms with E-state index < -0.39 is 0 Å². The van der Waals surface area contributed by atoms with Crippen molar-refractivity contribution in [1.82, 2.24) is 0 Å². The zero-order chi connectivity index (χ0) is 22.3. The SMILES string of the molecule is CCC(C)(Pc1c(C)cccc1/C(C)=N/c1ccccc1)c1ccccc1OCOC. The number of benzene rings is 3. The maximum absolute atomic E-state index is 5.92. The molecule has 162 valence electrons. The van der Waals surface area contributed by atoms with Crippen molar-refractivity contribution in [1.29, 1.82) is 0 Å². The summed E-state index contributed by atoms with van der Waals surface area (Å²) >= 11 is 0. The largest absolute Gasteiger partial charge is 0.467 e. The topological polar surface area (TPSA) is 30.8 Å². The minimum atomic E-state index is -0.0573. The Labute approximate surface area is 188 Å². The zero-order valence-electron chi connectivity index (χ0n) is 19.1. The van der Waals surface area contributed by atoms with Crippen LogP contribution < -0.4 is 10.0 Å². The van der Waals surface area contributed by atoms with Crippen LogP contribution in [0.5, 0.6) is 5.75 Å². The molecule has 2 atom stereocenters. The predicted octanol–water partition coefficient (Wildman–Crippen LogP) is 6.75. The molecular weight excluding hydrogens is 401 g/mol. The second-order valence-electron chi connectivity index (χ2n) is 7.89. The molecule has 0 fully saturated rings. The molecule has 3 aromatic carbocycles. The number of ether oxygens (including phenoxy) is 2. The van der Waals surface area contributed by atoms with E-state index in [4.69, 9.17) is 14.5 Å². The molecule has 3 rings (SSSR count). The van der Waals surface area contributed by atoms with E-state index in [0.717, 1.165) is 23.6 Å². The van der Waals surface area contributed by atoms with Crippen LogP contribution in [-0.4, -0.2) is 19.6 Å². The second kappa shape index (κ2) is 10.7. The zero-order valence-corrected chi connectivity index (χ0v) is 20.1. The first-order valence-electron chi connectivity index (χ1n) is 10.7. The summed E-state index contributed by atoms with van der Waals surface area (Å²) < 4.78 is 11.1. The van der Waals surface area contributed by atoms with Crippen molar-refractivity contribution in [3.63, 3.8) is 0 Å². The molecule has 3 aromatic rings. The van der Waals surface area contributed by atoms with E-state index in [-0.39, 0.29) is 11.9 Å². The lowest BCUT2D eigenvalue weighted by Gasteiger charge is -2.32. The molecule has 0 N–H and O–H groups in total. The summed E-state index contributed by atoms with van der Waals surface area (Å²) in [5.74, 6) is 0.894. The number of methoxy groups -OCH3 is 1. The number of aryl methyl sites for hydroxylation is 1. The number of aliphatic imine (C=N–C) groups is 1. The minimum Gasteiger partial charge on any atom is -0.467 e. The van der Waals surface area contributed by atoms with Gasteiger partial charge in [-0.05, 0) is 49.3 Å². The minimum absolute atomic E-state index is 0.0573. The van der Waals surface area contributed by atoms with Crippen LogP contribution in [0.2, 0.25) is 0 Å². The van der Waals surface area contributed by atoms with Crippen LogP contribution in [0.15, 0.2) is 77.8 Å². The Morgan fingerprint density at radius 2 is 1.68 bits per heavy atom. The number of hydrogen-bond donors (Lipinski definition) is 0. The van der Waals surface area contributed by atoms with Crippen LogP contribution in [0.4, 0.5) is 5.69 Å². The van der Waals surface area contributed by atoms with Crippen LogP contribution in [-0.2, 0) is 9.89 Å². The predicted molar refractivity (Wildman–Crippen MR) is 134 cm³/mol. The molecule has 31 heavy (non-hydrogen) atoms. The van der Waals surface area contributed by atoms with Crippen LogP contribution in [0.25, 0.3) is 0 Å². The van der Waals surface area contributed by atoms with Crippen molar-refractivity contribution in [3.8, 4) is 5.75 Å². The van der Waals surface area contributed by atoms with Gasteiger partial charge in [-0.3, -0.25) is 4.99 Å². The Morgan fingerprint density at radius 3 is 2.39 bits per heavy atom. The molecule has 0 aliphatic carbocycles. The standard InChI is InChI=1S/C27H32NO2P/c1-6-27(4,24-17-10-11-18-25(24)30-19-29-5)31-26-20(2)13-12-16-23(26)21(3)28-22-14-8-7-9-15-22/h7-18,31H,6,19H2,1-5H3/b28-21+. The van der Waals surface area contributed by atoms with Gasteiger partial charge in [-0.1, -0.05) is 77.0 Å². The van der Waals surface area contributed by atoms with E-state index >= 15 is 0 Å². The van der Waals surface area contributed by atoms with E-state index in [2.05, 4.69) is 58.0 Å². The fourth-order valence-corrected chi connectivity index (χ4v) is 5.43. The van der Waals surface area contributed by atoms with Crippen LogP contribution in [0.3, 0.4) is 0 Å². The first-order valence-corrected chi connectivity index (χ1v) is 11.7. The lowest BCUT2D eigenvalue weighted by Crippen LogP contribution is -2.23. The average molecular weight is 434 g/mol. The van der Waals surface area contributed by atoms with Crippen LogP contribution >= 0.6 is 8.58 Å². The molecule has 0 saturated heterocycles. The fraction of sp³-hybridized carbons (Fsp3) is 0.296. The number of rotatable bonds is 9. The maximum Gasteiger partial charge on any atom is 0.188 e. The summed E-state index contributed by atoms with van der Waals surface area (Å²) in [5, 5.41) is 1.31. The summed E-state index contributed by atoms with van der Waals surface area (Å²) in [4.78, 5) is 4.90. The van der Waals surface area contributed by atoms with Gasteiger partial charge in [0.05, 0.1) is 5.69 Å². The van der Waals surface area contributed by atoms with Crippen molar-refractivity contribution in [2.75, 3.05) is 13.9 Å². The summed E-state index contributed by atoms with van der Waals surface area (Å²) in [5.41, 5.74) is 5.76. The van der Waals surface area contributed by atoms with Crippen molar-refractivity contribution < 1.29 is 9.47 Å². The van der Waals surface area contributed by atoms with Gasteiger partial charge in [-0.15, -0.1) is 0 Å². The second-order valence-corrected chi connectivity index (χ2v) is 9.74. The van der Waals surface area contributed by atoms with E-state index in [0.29, 0.717) is 8.58 Å². The monoisotopic (exact) mass is 433 g/mol. The van der Waals surface area contributed by atoms with Crippen molar-refractivity contribution in [2.45, 2.75) is 39.3 Å². The third-order valence-corrected chi connectivity index (χ3v) is 7.73. The Hall–Kier alpha value is -2.48. The van der Waals surface area contributed by atoms with Gasteiger partial charge in [0.1, 0.15) is 5.75 Å². The highest BCUT2D eigenvalue weighted by molar-refractivity contribution is 7.49. The van der Waals surface area contributed by atoms with Crippen LogP contribution in [0.1, 0.15) is 43.9 Å². The molecule has 4 heteroatoms. The molecule has 0 aliphatic heterocycles. The van der Waals surface area contributed by atoms with Gasteiger partial charge in [-0.2, -0.15) is 0 Å². The van der Waals surface area contributed by atoms with Gasteiger partial charge in [-0.25, -0.2) is 0 Å². The summed E-state index contributed by atoms with van der Waals surface area (Å²) in [7, 11) is 2.23. The first kappa shape index (κ1) is 23.2. The van der Waals surface area contributed by atoms with Gasteiger partial charge in [0.25, 0.3) is 0 Å². The van der Waals surface area contributed by atoms with Gasteiger partial charge >= 0.3 is 0 Å². The lowest BCUT2D eigenvalue weighted by molar-refractivity contribution is 0.0500. The Bertz CT molecular complexity index is 1030. The summed E-state index contributed by atoms with van der Waals surface area (Å²) in [6, 6.07) is 25.0. The molecular formula is C27H32NO2P. The molecule has 3 nitrogen and oxygen atoms in total. The van der Waals surface area contributed by atoms with E-state index in [1.807, 2.05) is 42.5 Å². The fourth-order valence-electron chi connectivity index (χ4n) is 3.68. The van der Waals surface area contributed by atoms with Crippen molar-refractivity contribution >= 4 is 25.3 Å². The number of nitrogens with zero attached hydrogens (tertiary/aromatic N) is 1. The summed E-state index contributed by atoms with van der Waals surface area (Å²) in [6.07, 6.45) is 1.00.